The molecule has 1 aromatic heterocycles. The van der Waals surface area contributed by atoms with Crippen LogP contribution in [0, 0.1) is 0 Å². The first-order valence-corrected chi connectivity index (χ1v) is 7.39. The highest BCUT2D eigenvalue weighted by molar-refractivity contribution is 7.07. The summed E-state index contributed by atoms with van der Waals surface area (Å²) >= 11 is 1.73. The quantitative estimate of drug-likeness (QED) is 0.631. The summed E-state index contributed by atoms with van der Waals surface area (Å²) in [5.41, 5.74) is 4.90. The third-order valence-electron chi connectivity index (χ3n) is 3.32. The van der Waals surface area contributed by atoms with Crippen LogP contribution in [0.2, 0.25) is 0 Å². The summed E-state index contributed by atoms with van der Waals surface area (Å²) in [7, 11) is 0. The van der Waals surface area contributed by atoms with E-state index in [1.165, 1.54) is 11.1 Å². The largest absolute Gasteiger partial charge is 0.224 e. The minimum absolute atomic E-state index is 0.405. The smallest absolute Gasteiger partial charge is 0.194 e. The Bertz CT molecular complexity index is 563. The molecule has 0 aliphatic heterocycles. The number of hydrogen-bond acceptors (Lipinski definition) is 1. The van der Waals surface area contributed by atoms with Crippen LogP contribution in [0.15, 0.2) is 77.8 Å². The van der Waals surface area contributed by atoms with Gasteiger partial charge in [0.1, 0.15) is 0 Å². The van der Waals surface area contributed by atoms with Gasteiger partial charge in [-0.1, -0.05) is 72.0 Å². The molecule has 0 saturated heterocycles. The molecule has 0 radical (unpaired) electrons. The molecular formula is C17H16NS+. The molecule has 0 fully saturated rings. The summed E-state index contributed by atoms with van der Waals surface area (Å²) in [4.78, 5) is 0. The molecule has 0 spiro atoms. The highest BCUT2D eigenvalue weighted by atomic mass is 32.1. The first kappa shape index (κ1) is 12.1. The number of thiazole rings is 1. The second-order valence-electron chi connectivity index (χ2n) is 4.60. The van der Waals surface area contributed by atoms with Crippen molar-refractivity contribution in [2.24, 2.45) is 0 Å². The fourth-order valence-electron chi connectivity index (χ4n) is 2.35. The van der Waals surface area contributed by atoms with E-state index in [-0.39, 0.29) is 0 Å². The molecule has 0 atom stereocenters. The fourth-order valence-corrected chi connectivity index (χ4v) is 2.96. The molecule has 19 heavy (non-hydrogen) atoms. The van der Waals surface area contributed by atoms with E-state index in [4.69, 9.17) is 0 Å². The maximum absolute atomic E-state index is 2.26. The summed E-state index contributed by atoms with van der Waals surface area (Å²) < 4.78 is 2.26. The van der Waals surface area contributed by atoms with Crippen molar-refractivity contribution in [3.05, 3.63) is 88.9 Å². The number of hydrogen-bond donors (Lipinski definition) is 0. The van der Waals surface area contributed by atoms with Crippen LogP contribution in [0.5, 0.6) is 0 Å². The Morgan fingerprint density at radius 3 is 1.89 bits per heavy atom. The average Bonchev–Trinajstić information content (AvgIpc) is 3.00. The van der Waals surface area contributed by atoms with Crippen LogP contribution < -0.4 is 4.57 Å². The van der Waals surface area contributed by atoms with Crippen molar-refractivity contribution in [2.45, 2.75) is 12.5 Å². The van der Waals surface area contributed by atoms with Crippen molar-refractivity contribution >= 4 is 11.3 Å². The minimum atomic E-state index is 0.405. The van der Waals surface area contributed by atoms with Gasteiger partial charge in [-0.2, -0.15) is 4.57 Å². The molecule has 0 amide bonds. The van der Waals surface area contributed by atoms with E-state index in [1.54, 1.807) is 11.3 Å². The predicted octanol–water partition coefficient (Wildman–Crippen LogP) is 3.87. The molecule has 0 saturated carbocycles. The molecule has 94 valence electrons. The van der Waals surface area contributed by atoms with E-state index in [2.05, 4.69) is 82.3 Å². The summed E-state index contributed by atoms with van der Waals surface area (Å²) in [6.07, 6.45) is 2.14. The van der Waals surface area contributed by atoms with Crippen molar-refractivity contribution in [3.8, 4) is 0 Å². The third-order valence-corrected chi connectivity index (χ3v) is 4.00. The zero-order valence-electron chi connectivity index (χ0n) is 10.6. The minimum Gasteiger partial charge on any atom is -0.194 e. The Hall–Kier alpha value is -1.93. The standard InChI is InChI=1S/C17H16NS/c1-3-7-15(8-4-1)17(13-18-11-12-19-14-18)16-9-5-2-6-10-16/h1-12,14,17H,13H2/q+1. The van der Waals surface area contributed by atoms with Crippen molar-refractivity contribution in [2.75, 3.05) is 0 Å². The fraction of sp³-hybridized carbons (Fsp3) is 0.118. The monoisotopic (exact) mass is 266 g/mol. The first-order chi connectivity index (χ1) is 9.43. The van der Waals surface area contributed by atoms with Crippen LogP contribution in [0.1, 0.15) is 17.0 Å². The molecular weight excluding hydrogens is 250 g/mol. The maximum Gasteiger partial charge on any atom is 0.224 e. The van der Waals surface area contributed by atoms with Gasteiger partial charge in [0.05, 0.1) is 11.3 Å². The molecule has 3 rings (SSSR count). The van der Waals surface area contributed by atoms with E-state index >= 15 is 0 Å². The van der Waals surface area contributed by atoms with Crippen molar-refractivity contribution in [1.29, 1.82) is 0 Å². The molecule has 1 heterocycles. The van der Waals surface area contributed by atoms with Crippen molar-refractivity contribution in [3.63, 3.8) is 0 Å². The lowest BCUT2D eigenvalue weighted by Gasteiger charge is -2.14. The van der Waals surface area contributed by atoms with Gasteiger partial charge in [-0.3, -0.25) is 0 Å². The van der Waals surface area contributed by atoms with Gasteiger partial charge in [-0.25, -0.2) is 0 Å². The normalized spacial score (nSPS) is 10.8. The van der Waals surface area contributed by atoms with Crippen molar-refractivity contribution < 1.29 is 4.57 Å². The first-order valence-electron chi connectivity index (χ1n) is 6.44. The Morgan fingerprint density at radius 1 is 0.842 bits per heavy atom. The maximum atomic E-state index is 2.26. The highest BCUT2D eigenvalue weighted by Gasteiger charge is 2.18. The number of aromatic nitrogens is 1. The Labute approximate surface area is 117 Å². The van der Waals surface area contributed by atoms with Crippen LogP contribution in [0.4, 0.5) is 0 Å². The number of benzene rings is 2. The van der Waals surface area contributed by atoms with Crippen LogP contribution in [0.3, 0.4) is 0 Å². The molecule has 0 aliphatic rings. The third kappa shape index (κ3) is 2.91. The van der Waals surface area contributed by atoms with E-state index in [0.717, 1.165) is 6.54 Å². The van der Waals surface area contributed by atoms with Gasteiger partial charge in [0.15, 0.2) is 12.7 Å². The number of rotatable bonds is 4. The molecule has 0 unspecified atom stereocenters. The van der Waals surface area contributed by atoms with E-state index < -0.39 is 0 Å². The molecule has 1 nitrogen and oxygen atoms in total. The Balaban J connectivity index is 1.96. The van der Waals surface area contributed by atoms with Crippen LogP contribution in [-0.4, -0.2) is 0 Å². The van der Waals surface area contributed by atoms with E-state index in [9.17, 15) is 0 Å². The molecule has 0 N–H and O–H groups in total. The van der Waals surface area contributed by atoms with Gasteiger partial charge >= 0.3 is 0 Å². The second-order valence-corrected chi connectivity index (χ2v) is 5.35. The molecule has 3 aromatic rings. The molecule has 2 heteroatoms. The van der Waals surface area contributed by atoms with Crippen LogP contribution in [0.25, 0.3) is 0 Å². The lowest BCUT2D eigenvalue weighted by Crippen LogP contribution is -2.34. The van der Waals surface area contributed by atoms with Crippen LogP contribution in [-0.2, 0) is 6.54 Å². The predicted molar refractivity (Wildman–Crippen MR) is 79.2 cm³/mol. The summed E-state index contributed by atoms with van der Waals surface area (Å²) in [5, 5.41) is 2.12. The zero-order chi connectivity index (χ0) is 12.9. The summed E-state index contributed by atoms with van der Waals surface area (Å²) in [5.74, 6) is 0.405. The zero-order valence-corrected chi connectivity index (χ0v) is 11.5. The summed E-state index contributed by atoms with van der Waals surface area (Å²) in [6.45, 7) is 0.984. The van der Waals surface area contributed by atoms with Gasteiger partial charge < -0.3 is 0 Å². The van der Waals surface area contributed by atoms with Gasteiger partial charge in [-0.05, 0) is 11.1 Å². The topological polar surface area (TPSA) is 3.88 Å². The lowest BCUT2D eigenvalue weighted by atomic mass is 9.91. The van der Waals surface area contributed by atoms with Gasteiger partial charge in [-0.15, -0.1) is 0 Å². The van der Waals surface area contributed by atoms with Gasteiger partial charge in [0.25, 0.3) is 0 Å². The average molecular weight is 266 g/mol. The van der Waals surface area contributed by atoms with Crippen LogP contribution >= 0.6 is 11.3 Å². The van der Waals surface area contributed by atoms with Gasteiger partial charge in [0, 0.05) is 0 Å². The Morgan fingerprint density at radius 2 is 1.42 bits per heavy atom. The SMILES string of the molecule is c1ccc(C(C[n+]2ccsc2)c2ccccc2)cc1. The second kappa shape index (κ2) is 5.81. The molecule has 0 bridgehead atoms. The lowest BCUT2D eigenvalue weighted by molar-refractivity contribution is -0.693. The molecule has 0 aliphatic carbocycles. The van der Waals surface area contributed by atoms with E-state index in [0.29, 0.717) is 5.92 Å². The van der Waals surface area contributed by atoms with Gasteiger partial charge in [0.2, 0.25) is 5.51 Å². The number of nitrogens with zero attached hydrogens (tertiary/aromatic N) is 1. The summed E-state index contributed by atoms with van der Waals surface area (Å²) in [6, 6.07) is 21.5. The highest BCUT2D eigenvalue weighted by Crippen LogP contribution is 2.24. The van der Waals surface area contributed by atoms with Crippen molar-refractivity contribution in [1.82, 2.24) is 0 Å². The Kier molecular flexibility index (Phi) is 3.70. The van der Waals surface area contributed by atoms with E-state index in [1.807, 2.05) is 0 Å². The molecule has 2 aromatic carbocycles.